The van der Waals surface area contributed by atoms with Crippen molar-refractivity contribution in [3.8, 4) is 0 Å². The van der Waals surface area contributed by atoms with Crippen molar-refractivity contribution in [1.82, 2.24) is 4.98 Å². The zero-order valence-corrected chi connectivity index (χ0v) is 10.5. The van der Waals surface area contributed by atoms with Crippen LogP contribution in [0.15, 0.2) is 54.6 Å². The van der Waals surface area contributed by atoms with Crippen LogP contribution in [0.2, 0.25) is 0 Å². The highest BCUT2D eigenvalue weighted by Crippen LogP contribution is 2.35. The summed E-state index contributed by atoms with van der Waals surface area (Å²) >= 11 is 0. The van der Waals surface area contributed by atoms with Crippen LogP contribution in [0, 0.1) is 0 Å². The van der Waals surface area contributed by atoms with Gasteiger partial charge in [-0.25, -0.2) is 0 Å². The number of hydrogen-bond acceptors (Lipinski definition) is 2. The molecule has 0 bridgehead atoms. The van der Waals surface area contributed by atoms with Crippen molar-refractivity contribution in [2.75, 3.05) is 4.90 Å². The molecule has 4 heteroatoms. The number of ketones is 1. The molecule has 2 aromatic carbocycles. The Morgan fingerprint density at radius 3 is 2.50 bits per heavy atom. The Bertz CT molecular complexity index is 831. The van der Waals surface area contributed by atoms with Crippen LogP contribution in [0.5, 0.6) is 0 Å². The number of carbonyl (C=O) groups excluding carboxylic acids is 2. The fourth-order valence-corrected chi connectivity index (χ4v) is 2.60. The first-order valence-electron chi connectivity index (χ1n) is 6.31. The molecule has 0 fully saturated rings. The molecular weight excluding hydrogens is 252 g/mol. The second-order valence-corrected chi connectivity index (χ2v) is 4.73. The largest absolute Gasteiger partial charge is 0.341 e. The number of carbonyl (C=O) groups is 2. The van der Waals surface area contributed by atoms with E-state index in [-0.39, 0.29) is 0 Å². The van der Waals surface area contributed by atoms with Crippen molar-refractivity contribution in [3.63, 3.8) is 0 Å². The minimum Gasteiger partial charge on any atom is -0.341 e. The van der Waals surface area contributed by atoms with E-state index in [1.165, 1.54) is 4.90 Å². The predicted octanol–water partition coefficient (Wildman–Crippen LogP) is 3.03. The van der Waals surface area contributed by atoms with E-state index in [2.05, 4.69) is 4.98 Å². The van der Waals surface area contributed by atoms with Gasteiger partial charge in [-0.1, -0.05) is 30.3 Å². The molecule has 0 atom stereocenters. The second-order valence-electron chi connectivity index (χ2n) is 4.73. The summed E-state index contributed by atoms with van der Waals surface area (Å²) < 4.78 is 0. The monoisotopic (exact) mass is 262 g/mol. The molecule has 20 heavy (non-hydrogen) atoms. The van der Waals surface area contributed by atoms with Gasteiger partial charge in [0.25, 0.3) is 5.78 Å². The number of para-hydroxylation sites is 2. The third-order valence-corrected chi connectivity index (χ3v) is 3.54. The van der Waals surface area contributed by atoms with Gasteiger partial charge in [0.15, 0.2) is 0 Å². The number of hydrogen-bond donors (Lipinski definition) is 1. The second kappa shape index (κ2) is 3.81. The predicted molar refractivity (Wildman–Crippen MR) is 76.2 cm³/mol. The van der Waals surface area contributed by atoms with Gasteiger partial charge in [-0.05, 0) is 24.3 Å². The number of amides is 1. The minimum absolute atomic E-state index is 0.455. The van der Waals surface area contributed by atoms with Gasteiger partial charge in [-0.2, -0.15) is 0 Å². The third kappa shape index (κ3) is 1.36. The molecule has 0 saturated carbocycles. The highest BCUT2D eigenvalue weighted by atomic mass is 16.2. The molecule has 1 aliphatic heterocycles. The summed E-state index contributed by atoms with van der Waals surface area (Å²) in [5.74, 6) is -0.355. The molecule has 1 aromatic heterocycles. The standard InChI is InChI=1S/C16H10N2O2/c19-15-11-6-2-4-8-13(11)18(16(15)20)14-9-10-5-1-3-7-12(10)17-14/h1-9,17H. The summed E-state index contributed by atoms with van der Waals surface area (Å²) in [5, 5.41) is 1.01. The zero-order chi connectivity index (χ0) is 13.7. The van der Waals surface area contributed by atoms with E-state index >= 15 is 0 Å². The highest BCUT2D eigenvalue weighted by molar-refractivity contribution is 6.53. The summed E-state index contributed by atoms with van der Waals surface area (Å²) in [7, 11) is 0. The molecule has 0 spiro atoms. The molecule has 0 unspecified atom stereocenters. The number of fused-ring (bicyclic) bond motifs is 2. The number of nitrogens with one attached hydrogen (secondary N) is 1. The van der Waals surface area contributed by atoms with Crippen LogP contribution in [0.1, 0.15) is 10.4 Å². The molecule has 0 radical (unpaired) electrons. The fourth-order valence-electron chi connectivity index (χ4n) is 2.60. The first kappa shape index (κ1) is 11.0. The lowest BCUT2D eigenvalue weighted by molar-refractivity contribution is -0.113. The fraction of sp³-hybridized carbons (Fsp3) is 0. The number of aromatic amines is 1. The van der Waals surface area contributed by atoms with E-state index in [1.807, 2.05) is 36.4 Å². The normalized spacial score (nSPS) is 14.1. The number of nitrogens with zero attached hydrogens (tertiary/aromatic N) is 1. The average molecular weight is 262 g/mol. The molecule has 3 aromatic rings. The topological polar surface area (TPSA) is 53.2 Å². The molecule has 1 N–H and O–H groups in total. The van der Waals surface area contributed by atoms with Gasteiger partial charge in [0.05, 0.1) is 11.3 Å². The van der Waals surface area contributed by atoms with Crippen molar-refractivity contribution in [2.45, 2.75) is 0 Å². The van der Waals surface area contributed by atoms with E-state index in [0.717, 1.165) is 10.9 Å². The first-order valence-corrected chi connectivity index (χ1v) is 6.31. The summed E-state index contributed by atoms with van der Waals surface area (Å²) in [5.41, 5.74) is 2.03. The van der Waals surface area contributed by atoms with Crippen LogP contribution in [0.25, 0.3) is 10.9 Å². The Morgan fingerprint density at radius 2 is 1.65 bits per heavy atom. The smallest absolute Gasteiger partial charge is 0.305 e. The Hall–Kier alpha value is -2.88. The summed E-state index contributed by atoms with van der Waals surface area (Å²) in [6.07, 6.45) is 0. The molecule has 0 saturated heterocycles. The van der Waals surface area contributed by atoms with Crippen LogP contribution in [0.3, 0.4) is 0 Å². The highest BCUT2D eigenvalue weighted by Gasteiger charge is 2.37. The van der Waals surface area contributed by atoms with Gasteiger partial charge in [0, 0.05) is 10.9 Å². The lowest BCUT2D eigenvalue weighted by Gasteiger charge is -2.13. The third-order valence-electron chi connectivity index (χ3n) is 3.54. The summed E-state index contributed by atoms with van der Waals surface area (Å²) in [4.78, 5) is 28.8. The Balaban J connectivity index is 1.94. The number of benzene rings is 2. The number of rotatable bonds is 1. The van der Waals surface area contributed by atoms with Crippen molar-refractivity contribution in [3.05, 3.63) is 60.2 Å². The van der Waals surface area contributed by atoms with Crippen molar-refractivity contribution in [2.24, 2.45) is 0 Å². The van der Waals surface area contributed by atoms with Crippen molar-refractivity contribution in [1.29, 1.82) is 0 Å². The van der Waals surface area contributed by atoms with E-state index in [1.54, 1.807) is 18.2 Å². The summed E-state index contributed by atoms with van der Waals surface area (Å²) in [6.45, 7) is 0. The van der Waals surface area contributed by atoms with Crippen LogP contribution in [-0.2, 0) is 4.79 Å². The van der Waals surface area contributed by atoms with Gasteiger partial charge >= 0.3 is 5.91 Å². The van der Waals surface area contributed by atoms with Crippen LogP contribution in [0.4, 0.5) is 11.5 Å². The number of anilines is 2. The molecule has 1 amide bonds. The maximum absolute atomic E-state index is 12.2. The molecule has 2 heterocycles. The van der Waals surface area contributed by atoms with Gasteiger partial charge < -0.3 is 4.98 Å². The van der Waals surface area contributed by atoms with E-state index in [4.69, 9.17) is 0 Å². The molecule has 4 nitrogen and oxygen atoms in total. The van der Waals surface area contributed by atoms with E-state index in [9.17, 15) is 9.59 Å². The molecular formula is C16H10N2O2. The average Bonchev–Trinajstić information content (AvgIpc) is 3.00. The quantitative estimate of drug-likeness (QED) is 0.685. The van der Waals surface area contributed by atoms with Crippen LogP contribution in [-0.4, -0.2) is 16.7 Å². The van der Waals surface area contributed by atoms with Gasteiger partial charge in [-0.3, -0.25) is 14.5 Å². The Kier molecular flexibility index (Phi) is 2.09. The number of H-pyrrole nitrogens is 1. The molecule has 4 rings (SSSR count). The lowest BCUT2D eigenvalue weighted by atomic mass is 10.1. The van der Waals surface area contributed by atoms with Crippen LogP contribution >= 0.6 is 0 Å². The first-order chi connectivity index (χ1) is 9.75. The molecule has 96 valence electrons. The van der Waals surface area contributed by atoms with Crippen molar-refractivity contribution < 1.29 is 9.59 Å². The number of aromatic nitrogens is 1. The maximum atomic E-state index is 12.2. The summed E-state index contributed by atoms with van der Waals surface area (Å²) in [6, 6.07) is 16.7. The number of Topliss-reactive ketones (excluding diaryl/α,β-unsaturated/α-hetero) is 1. The van der Waals surface area contributed by atoms with Crippen LogP contribution < -0.4 is 4.90 Å². The molecule has 1 aliphatic rings. The Labute approximate surface area is 114 Å². The zero-order valence-electron chi connectivity index (χ0n) is 10.5. The van der Waals surface area contributed by atoms with Gasteiger partial charge in [0.1, 0.15) is 5.82 Å². The van der Waals surface area contributed by atoms with E-state index < -0.39 is 11.7 Å². The maximum Gasteiger partial charge on any atom is 0.305 e. The minimum atomic E-state index is -0.516. The lowest BCUT2D eigenvalue weighted by Crippen LogP contribution is -2.25. The van der Waals surface area contributed by atoms with Gasteiger partial charge in [0.2, 0.25) is 0 Å². The SMILES string of the molecule is O=C1C(=O)N(c2cc3ccccc3[nH]2)c2ccccc21. The van der Waals surface area contributed by atoms with Gasteiger partial charge in [-0.15, -0.1) is 0 Å². The van der Waals surface area contributed by atoms with E-state index in [0.29, 0.717) is 17.1 Å². The van der Waals surface area contributed by atoms with Crippen molar-refractivity contribution >= 4 is 34.1 Å². The Morgan fingerprint density at radius 1 is 0.900 bits per heavy atom. The molecule has 0 aliphatic carbocycles.